The number of hydrogen-bond acceptors (Lipinski definition) is 5. The first-order valence-corrected chi connectivity index (χ1v) is 28.6. The zero-order valence-corrected chi connectivity index (χ0v) is 43.0. The van der Waals surface area contributed by atoms with E-state index < -0.39 is 12.1 Å². The molecule has 0 bridgehead atoms. The molecule has 3 N–H and O–H groups in total. The Bertz CT molecular complexity index is 997. The lowest BCUT2D eigenvalue weighted by atomic mass is 10.0. The normalized spacial score (nSPS) is 12.8. The number of rotatable bonds is 53. The molecule has 0 aliphatic rings. The first-order chi connectivity index (χ1) is 31.5. The van der Waals surface area contributed by atoms with Gasteiger partial charge in [-0.2, -0.15) is 0 Å². The highest BCUT2D eigenvalue weighted by atomic mass is 16.5. The van der Waals surface area contributed by atoms with Gasteiger partial charge in [0.15, 0.2) is 0 Å². The maximum atomic E-state index is 12.4. The summed E-state index contributed by atoms with van der Waals surface area (Å²) in [5.74, 6) is -0.0424. The molecule has 0 radical (unpaired) electrons. The monoisotopic (exact) mass is 902 g/mol. The first-order valence-electron chi connectivity index (χ1n) is 28.6. The lowest BCUT2D eigenvalue weighted by Crippen LogP contribution is -2.45. The van der Waals surface area contributed by atoms with E-state index in [9.17, 15) is 19.8 Å². The van der Waals surface area contributed by atoms with Gasteiger partial charge in [0, 0.05) is 12.8 Å². The van der Waals surface area contributed by atoms with Crippen LogP contribution in [-0.2, 0) is 14.3 Å². The number of carbonyl (C=O) groups is 2. The zero-order valence-electron chi connectivity index (χ0n) is 43.0. The largest absolute Gasteiger partial charge is 0.466 e. The highest BCUT2D eigenvalue weighted by Crippen LogP contribution is 2.17. The van der Waals surface area contributed by atoms with Gasteiger partial charge in [0.1, 0.15) is 0 Å². The average Bonchev–Trinajstić information content (AvgIpc) is 3.29. The smallest absolute Gasteiger partial charge is 0.305 e. The third kappa shape index (κ3) is 49.8. The van der Waals surface area contributed by atoms with Gasteiger partial charge in [-0.3, -0.25) is 9.59 Å². The van der Waals surface area contributed by atoms with Crippen LogP contribution in [0.1, 0.15) is 309 Å². The number of esters is 1. The molecule has 0 rings (SSSR count). The number of carbonyl (C=O) groups excluding carboxylic acids is 2. The van der Waals surface area contributed by atoms with Crippen molar-refractivity contribution >= 4 is 11.9 Å². The number of aliphatic hydroxyl groups excluding tert-OH is 2. The second-order valence-electron chi connectivity index (χ2n) is 19.6. The highest BCUT2D eigenvalue weighted by molar-refractivity contribution is 5.76. The van der Waals surface area contributed by atoms with Gasteiger partial charge in [-0.25, -0.2) is 0 Å². The van der Waals surface area contributed by atoms with Gasteiger partial charge in [-0.1, -0.05) is 263 Å². The molecule has 0 spiro atoms. The number of aliphatic hydroxyl groups is 2. The second kappa shape index (κ2) is 54.0. The number of amides is 1. The van der Waals surface area contributed by atoms with E-state index in [0.29, 0.717) is 25.9 Å². The molecule has 0 heterocycles. The van der Waals surface area contributed by atoms with E-state index in [1.807, 2.05) is 0 Å². The maximum absolute atomic E-state index is 12.4. The van der Waals surface area contributed by atoms with Crippen molar-refractivity contribution in [2.24, 2.45) is 0 Å². The third-order valence-electron chi connectivity index (χ3n) is 13.3. The molecule has 0 saturated heterocycles. The van der Waals surface area contributed by atoms with Gasteiger partial charge in [0.25, 0.3) is 0 Å². The Hall–Kier alpha value is -1.66. The molecule has 0 aromatic heterocycles. The molecule has 0 aromatic rings. The van der Waals surface area contributed by atoms with E-state index in [-0.39, 0.29) is 18.5 Å². The fourth-order valence-electron chi connectivity index (χ4n) is 8.85. The summed E-state index contributed by atoms with van der Waals surface area (Å²) in [6, 6.07) is -0.543. The molecule has 2 atom stereocenters. The van der Waals surface area contributed by atoms with Crippen molar-refractivity contribution in [2.75, 3.05) is 13.2 Å². The quantitative estimate of drug-likeness (QED) is 0.0321. The van der Waals surface area contributed by atoms with Crippen molar-refractivity contribution in [3.63, 3.8) is 0 Å². The standard InChI is InChI=1S/C58H111NO5/c1-3-5-7-9-11-13-15-17-18-25-28-32-36-40-44-48-52-58(63)64-53-49-45-41-37-33-29-26-23-21-19-20-22-24-27-31-35-39-43-47-51-57(62)59-55(54-60)56(61)50-46-42-38-34-30-16-14-12-10-8-6-4-2/h13,15,18,25,55-56,60-61H,3-12,14,16-17,19-24,26-54H2,1-2H3,(H,59,62)/b15-13-,25-18-. The van der Waals surface area contributed by atoms with Crippen molar-refractivity contribution in [3.05, 3.63) is 24.3 Å². The summed E-state index contributed by atoms with van der Waals surface area (Å²) in [5.41, 5.74) is 0. The number of hydrogen-bond donors (Lipinski definition) is 3. The van der Waals surface area contributed by atoms with Gasteiger partial charge in [0.05, 0.1) is 25.4 Å². The lowest BCUT2D eigenvalue weighted by Gasteiger charge is -2.22. The van der Waals surface area contributed by atoms with Gasteiger partial charge in [-0.05, 0) is 57.8 Å². The molecular weight excluding hydrogens is 791 g/mol. The third-order valence-corrected chi connectivity index (χ3v) is 13.3. The van der Waals surface area contributed by atoms with Crippen LogP contribution in [0.25, 0.3) is 0 Å². The molecule has 0 fully saturated rings. The Morgan fingerprint density at radius 3 is 1.20 bits per heavy atom. The van der Waals surface area contributed by atoms with E-state index >= 15 is 0 Å². The van der Waals surface area contributed by atoms with Crippen LogP contribution in [0, 0.1) is 0 Å². The first kappa shape index (κ1) is 62.3. The molecule has 64 heavy (non-hydrogen) atoms. The molecule has 0 aliphatic carbocycles. The van der Waals surface area contributed by atoms with E-state index in [1.165, 1.54) is 225 Å². The molecule has 0 aromatic carbocycles. The number of nitrogens with one attached hydrogen (secondary N) is 1. The Morgan fingerprint density at radius 2 is 0.781 bits per heavy atom. The fraction of sp³-hybridized carbons (Fsp3) is 0.897. The van der Waals surface area contributed by atoms with E-state index in [2.05, 4.69) is 43.5 Å². The lowest BCUT2D eigenvalue weighted by molar-refractivity contribution is -0.143. The Labute approximate surface area is 399 Å². The van der Waals surface area contributed by atoms with Crippen LogP contribution in [0.15, 0.2) is 24.3 Å². The average molecular weight is 903 g/mol. The van der Waals surface area contributed by atoms with Crippen molar-refractivity contribution < 1.29 is 24.5 Å². The number of unbranched alkanes of at least 4 members (excludes halogenated alkanes) is 38. The molecule has 6 nitrogen and oxygen atoms in total. The van der Waals surface area contributed by atoms with Gasteiger partial charge >= 0.3 is 5.97 Å². The molecule has 0 saturated carbocycles. The topological polar surface area (TPSA) is 95.9 Å². The SMILES string of the molecule is CCCCCC/C=C\C/C=C\CCCCCCCC(=O)OCCCCCCCCCCCCCCCCCCCCCC(=O)NC(CO)C(O)CCCCCCCCCCCCCC. The minimum Gasteiger partial charge on any atom is -0.466 e. The summed E-state index contributed by atoms with van der Waals surface area (Å²) < 4.78 is 5.47. The van der Waals surface area contributed by atoms with Crippen LogP contribution in [0.3, 0.4) is 0 Å². The van der Waals surface area contributed by atoms with Gasteiger partial charge in [-0.15, -0.1) is 0 Å². The number of allylic oxidation sites excluding steroid dienone is 4. The van der Waals surface area contributed by atoms with Crippen molar-refractivity contribution in [1.82, 2.24) is 5.32 Å². The maximum Gasteiger partial charge on any atom is 0.305 e. The molecule has 6 heteroatoms. The summed E-state index contributed by atoms with van der Waals surface area (Å²) in [4.78, 5) is 24.5. The van der Waals surface area contributed by atoms with Crippen LogP contribution < -0.4 is 5.32 Å². The van der Waals surface area contributed by atoms with Crippen LogP contribution in [0.5, 0.6) is 0 Å². The predicted molar refractivity (Wildman–Crippen MR) is 278 cm³/mol. The predicted octanol–water partition coefficient (Wildman–Crippen LogP) is 17.5. The van der Waals surface area contributed by atoms with Crippen molar-refractivity contribution in [3.8, 4) is 0 Å². The van der Waals surface area contributed by atoms with E-state index in [1.54, 1.807) is 0 Å². The van der Waals surface area contributed by atoms with Crippen LogP contribution in [0.2, 0.25) is 0 Å². The molecule has 1 amide bonds. The van der Waals surface area contributed by atoms with E-state index in [4.69, 9.17) is 4.74 Å². The van der Waals surface area contributed by atoms with Gasteiger partial charge < -0.3 is 20.3 Å². The number of ether oxygens (including phenoxy) is 1. The molecule has 2 unspecified atom stereocenters. The molecule has 0 aliphatic heterocycles. The Morgan fingerprint density at radius 1 is 0.438 bits per heavy atom. The molecular formula is C58H111NO5. The summed E-state index contributed by atoms with van der Waals surface area (Å²) in [6.07, 6.45) is 64.5. The highest BCUT2D eigenvalue weighted by Gasteiger charge is 2.20. The van der Waals surface area contributed by atoms with Crippen LogP contribution in [0.4, 0.5) is 0 Å². The molecule has 378 valence electrons. The van der Waals surface area contributed by atoms with Crippen LogP contribution >= 0.6 is 0 Å². The summed E-state index contributed by atoms with van der Waals surface area (Å²) in [5, 5.41) is 23.2. The summed E-state index contributed by atoms with van der Waals surface area (Å²) >= 11 is 0. The fourth-order valence-corrected chi connectivity index (χ4v) is 8.85. The minimum absolute atomic E-state index is 0.00431. The van der Waals surface area contributed by atoms with E-state index in [0.717, 1.165) is 51.4 Å². The van der Waals surface area contributed by atoms with Crippen LogP contribution in [-0.4, -0.2) is 47.4 Å². The zero-order chi connectivity index (χ0) is 46.5. The second-order valence-corrected chi connectivity index (χ2v) is 19.6. The van der Waals surface area contributed by atoms with Crippen molar-refractivity contribution in [2.45, 2.75) is 321 Å². The van der Waals surface area contributed by atoms with Crippen molar-refractivity contribution in [1.29, 1.82) is 0 Å². The summed E-state index contributed by atoms with van der Waals surface area (Å²) in [6.45, 7) is 4.93. The minimum atomic E-state index is -0.665. The summed E-state index contributed by atoms with van der Waals surface area (Å²) in [7, 11) is 0. The van der Waals surface area contributed by atoms with Gasteiger partial charge in [0.2, 0.25) is 5.91 Å². The Kier molecular flexibility index (Phi) is 52.6. The Balaban J connectivity index is 3.39.